The highest BCUT2D eigenvalue weighted by Gasteiger charge is 2.17. The zero-order valence-corrected chi connectivity index (χ0v) is 18.7. The van der Waals surface area contributed by atoms with Crippen LogP contribution >= 0.6 is 46.6 Å². The van der Waals surface area contributed by atoms with Gasteiger partial charge in [0.2, 0.25) is 0 Å². The maximum absolute atomic E-state index is 10.1. The Hall–Kier alpha value is -1.89. The predicted molar refractivity (Wildman–Crippen MR) is 123 cm³/mol. The summed E-state index contributed by atoms with van der Waals surface area (Å²) in [6.07, 6.45) is 1.55. The van der Waals surface area contributed by atoms with E-state index in [0.717, 1.165) is 27.5 Å². The van der Waals surface area contributed by atoms with Gasteiger partial charge < -0.3 is 14.6 Å². The van der Waals surface area contributed by atoms with Crippen molar-refractivity contribution < 1.29 is 14.6 Å². The molecular weight excluding hydrogens is 465 g/mol. The van der Waals surface area contributed by atoms with E-state index in [4.69, 9.17) is 44.3 Å². The standard InChI is InChI=1S/C22H16Cl3NO3S/c23-16-6-14-10-28-12-29-22(14)15(7-16)11-30-20-4-2-1-3-19(20)26-9-13-5-17(24)8-18(25)21(13)27/h1-9,27H,10-12H2. The van der Waals surface area contributed by atoms with Crippen LogP contribution in [0.1, 0.15) is 16.7 Å². The predicted octanol–water partition coefficient (Wildman–Crippen LogP) is 7.26. The summed E-state index contributed by atoms with van der Waals surface area (Å²) in [6, 6.07) is 14.6. The molecule has 0 radical (unpaired) electrons. The minimum Gasteiger partial charge on any atom is -0.506 e. The van der Waals surface area contributed by atoms with Crippen LogP contribution in [0.25, 0.3) is 0 Å². The number of halogens is 3. The smallest absolute Gasteiger partial charge is 0.189 e. The molecule has 154 valence electrons. The van der Waals surface area contributed by atoms with E-state index < -0.39 is 0 Å². The number of phenolic OH excluding ortho intramolecular Hbond substituents is 1. The lowest BCUT2D eigenvalue weighted by molar-refractivity contribution is -0.0168. The van der Waals surface area contributed by atoms with Gasteiger partial charge in [0.25, 0.3) is 0 Å². The third kappa shape index (κ3) is 4.88. The van der Waals surface area contributed by atoms with Gasteiger partial charge in [-0.05, 0) is 36.4 Å². The molecule has 3 aromatic rings. The van der Waals surface area contributed by atoms with Gasteiger partial charge in [-0.3, -0.25) is 4.99 Å². The average Bonchev–Trinajstić information content (AvgIpc) is 2.74. The normalized spacial score (nSPS) is 13.3. The molecule has 0 saturated heterocycles. The first kappa shape index (κ1) is 21.3. The zero-order valence-electron chi connectivity index (χ0n) is 15.6. The van der Waals surface area contributed by atoms with Crippen LogP contribution < -0.4 is 4.74 Å². The van der Waals surface area contributed by atoms with Crippen LogP contribution in [-0.4, -0.2) is 18.1 Å². The summed E-state index contributed by atoms with van der Waals surface area (Å²) in [6.45, 7) is 0.721. The molecule has 0 saturated carbocycles. The minimum absolute atomic E-state index is 0.0557. The van der Waals surface area contributed by atoms with Crippen LogP contribution in [-0.2, 0) is 17.1 Å². The van der Waals surface area contributed by atoms with E-state index in [1.807, 2.05) is 36.4 Å². The number of rotatable bonds is 5. The molecule has 4 nitrogen and oxygen atoms in total. The molecule has 0 amide bonds. The van der Waals surface area contributed by atoms with Gasteiger partial charge in [-0.2, -0.15) is 0 Å². The summed E-state index contributed by atoms with van der Waals surface area (Å²) < 4.78 is 11.0. The monoisotopic (exact) mass is 479 g/mol. The van der Waals surface area contributed by atoms with Gasteiger partial charge in [-0.25, -0.2) is 0 Å². The second-order valence-electron chi connectivity index (χ2n) is 6.50. The van der Waals surface area contributed by atoms with Crippen LogP contribution in [0.4, 0.5) is 5.69 Å². The molecule has 0 atom stereocenters. The zero-order chi connectivity index (χ0) is 21.1. The van der Waals surface area contributed by atoms with Gasteiger partial charge in [0.1, 0.15) is 11.5 Å². The van der Waals surface area contributed by atoms with Crippen molar-refractivity contribution in [3.63, 3.8) is 0 Å². The number of para-hydroxylation sites is 1. The van der Waals surface area contributed by atoms with Gasteiger partial charge in [-0.15, -0.1) is 11.8 Å². The summed E-state index contributed by atoms with van der Waals surface area (Å²) in [5.74, 6) is 1.43. The third-order valence-electron chi connectivity index (χ3n) is 4.40. The van der Waals surface area contributed by atoms with Crippen LogP contribution in [0, 0.1) is 0 Å². The molecule has 1 N–H and O–H groups in total. The second-order valence-corrected chi connectivity index (χ2v) is 8.80. The molecule has 1 aliphatic heterocycles. The SMILES string of the molecule is Oc1c(Cl)cc(Cl)cc1C=Nc1ccccc1SCc1cc(Cl)cc2c1OCOC2. The number of aromatic hydroxyl groups is 1. The fraction of sp³-hybridized carbons (Fsp3) is 0.136. The molecule has 0 bridgehead atoms. The minimum atomic E-state index is -0.0557. The lowest BCUT2D eigenvalue weighted by Crippen LogP contribution is -2.12. The molecule has 0 aromatic heterocycles. The molecule has 8 heteroatoms. The highest BCUT2D eigenvalue weighted by molar-refractivity contribution is 7.98. The highest BCUT2D eigenvalue weighted by Crippen LogP contribution is 2.38. The van der Waals surface area contributed by atoms with Gasteiger partial charge in [-0.1, -0.05) is 46.9 Å². The Kier molecular flexibility index (Phi) is 6.76. The van der Waals surface area contributed by atoms with Gasteiger partial charge in [0.15, 0.2) is 6.79 Å². The van der Waals surface area contributed by atoms with Crippen molar-refractivity contribution in [1.82, 2.24) is 0 Å². The van der Waals surface area contributed by atoms with Crippen LogP contribution in [0.5, 0.6) is 11.5 Å². The molecular formula is C22H16Cl3NO3S. The van der Waals surface area contributed by atoms with E-state index in [1.54, 1.807) is 24.0 Å². The van der Waals surface area contributed by atoms with E-state index >= 15 is 0 Å². The van der Waals surface area contributed by atoms with Gasteiger partial charge >= 0.3 is 0 Å². The molecule has 30 heavy (non-hydrogen) atoms. The van der Waals surface area contributed by atoms with Crippen LogP contribution in [0.2, 0.25) is 15.1 Å². The van der Waals surface area contributed by atoms with Crippen molar-refractivity contribution in [3.8, 4) is 11.5 Å². The van der Waals surface area contributed by atoms with Crippen molar-refractivity contribution >= 4 is 58.5 Å². The van der Waals surface area contributed by atoms with Crippen LogP contribution in [0.15, 0.2) is 58.4 Å². The summed E-state index contributed by atoms with van der Waals surface area (Å²) in [4.78, 5) is 5.51. The molecule has 0 aliphatic carbocycles. The van der Waals surface area contributed by atoms with E-state index in [-0.39, 0.29) is 17.6 Å². The summed E-state index contributed by atoms with van der Waals surface area (Å²) in [7, 11) is 0. The lowest BCUT2D eigenvalue weighted by atomic mass is 10.1. The number of phenols is 1. The number of nitrogens with zero attached hydrogens (tertiary/aromatic N) is 1. The first-order valence-electron chi connectivity index (χ1n) is 8.97. The number of hydrogen-bond donors (Lipinski definition) is 1. The molecule has 1 aliphatic rings. The van der Waals surface area contributed by atoms with E-state index in [1.165, 1.54) is 6.07 Å². The first-order chi connectivity index (χ1) is 14.5. The molecule has 0 fully saturated rings. The number of benzene rings is 3. The average molecular weight is 481 g/mol. The van der Waals surface area contributed by atoms with Crippen molar-refractivity contribution in [2.24, 2.45) is 4.99 Å². The third-order valence-corrected chi connectivity index (χ3v) is 6.24. The van der Waals surface area contributed by atoms with Gasteiger partial charge in [0.05, 0.1) is 17.3 Å². The molecule has 1 heterocycles. The highest BCUT2D eigenvalue weighted by atomic mass is 35.5. The topological polar surface area (TPSA) is 51.1 Å². The van der Waals surface area contributed by atoms with Crippen molar-refractivity contribution in [2.45, 2.75) is 17.3 Å². The lowest BCUT2D eigenvalue weighted by Gasteiger charge is -2.21. The fourth-order valence-electron chi connectivity index (χ4n) is 3.03. The quantitative estimate of drug-likeness (QED) is 0.308. The number of hydrogen-bond acceptors (Lipinski definition) is 5. The second kappa shape index (κ2) is 9.50. The summed E-state index contributed by atoms with van der Waals surface area (Å²) in [5.41, 5.74) is 3.16. The largest absolute Gasteiger partial charge is 0.506 e. The number of thioether (sulfide) groups is 1. The van der Waals surface area contributed by atoms with E-state index in [0.29, 0.717) is 28.0 Å². The Bertz CT molecular complexity index is 1120. The number of fused-ring (bicyclic) bond motifs is 1. The maximum atomic E-state index is 10.1. The van der Waals surface area contributed by atoms with Crippen molar-refractivity contribution in [3.05, 3.63) is 80.3 Å². The Morgan fingerprint density at radius 2 is 1.87 bits per heavy atom. The Morgan fingerprint density at radius 3 is 2.73 bits per heavy atom. The Morgan fingerprint density at radius 1 is 1.07 bits per heavy atom. The summed E-state index contributed by atoms with van der Waals surface area (Å²) >= 11 is 19.9. The van der Waals surface area contributed by atoms with E-state index in [9.17, 15) is 5.11 Å². The van der Waals surface area contributed by atoms with Crippen molar-refractivity contribution in [2.75, 3.05) is 6.79 Å². The summed E-state index contributed by atoms with van der Waals surface area (Å²) in [5, 5.41) is 11.4. The van der Waals surface area contributed by atoms with Gasteiger partial charge in [0, 0.05) is 43.6 Å². The molecule has 0 spiro atoms. The Labute approximate surface area is 193 Å². The molecule has 4 rings (SSSR count). The van der Waals surface area contributed by atoms with Crippen LogP contribution in [0.3, 0.4) is 0 Å². The van der Waals surface area contributed by atoms with Crippen molar-refractivity contribution in [1.29, 1.82) is 0 Å². The maximum Gasteiger partial charge on any atom is 0.189 e. The van der Waals surface area contributed by atoms with E-state index in [2.05, 4.69) is 4.99 Å². The first-order valence-corrected chi connectivity index (χ1v) is 11.1. The number of ether oxygens (including phenoxy) is 2. The fourth-order valence-corrected chi connectivity index (χ4v) is 4.77. The molecule has 3 aromatic carbocycles. The molecule has 0 unspecified atom stereocenters. The number of aliphatic imine (C=N–C) groups is 1. The Balaban J connectivity index is 1.57.